The van der Waals surface area contributed by atoms with Gasteiger partial charge in [-0.2, -0.15) is 0 Å². The van der Waals surface area contributed by atoms with Crippen molar-refractivity contribution in [2.45, 2.75) is 19.8 Å². The van der Waals surface area contributed by atoms with Gasteiger partial charge in [0.05, 0.1) is 0 Å². The molecule has 0 bridgehead atoms. The minimum Gasteiger partial charge on any atom is -0.330 e. The fourth-order valence-corrected chi connectivity index (χ4v) is 1.26. The summed E-state index contributed by atoms with van der Waals surface area (Å²) in [5, 5.41) is 0. The second-order valence-corrected chi connectivity index (χ2v) is 3.54. The van der Waals surface area contributed by atoms with Crippen LogP contribution in [0.4, 0.5) is 0 Å². The minimum absolute atomic E-state index is 0.530. The second kappa shape index (κ2) is 7.54. The molecule has 0 spiro atoms. The number of nitrogens with two attached hydrogens (primary N) is 2. The Bertz CT molecular complexity index is 216. The summed E-state index contributed by atoms with van der Waals surface area (Å²) in [6, 6.07) is 0. The number of hydrogen-bond donors (Lipinski definition) is 2. The van der Waals surface area contributed by atoms with Crippen LogP contribution in [0.1, 0.15) is 19.8 Å². The van der Waals surface area contributed by atoms with Crippen molar-refractivity contribution in [3.05, 3.63) is 36.5 Å². The molecular formula is C12H22N2. The van der Waals surface area contributed by atoms with Crippen LogP contribution in [-0.4, -0.2) is 13.1 Å². The number of rotatable bonds is 7. The average Bonchev–Trinajstić information content (AvgIpc) is 2.23. The van der Waals surface area contributed by atoms with Gasteiger partial charge < -0.3 is 11.5 Å². The molecule has 0 aliphatic carbocycles. The molecule has 0 amide bonds. The molecule has 80 valence electrons. The summed E-state index contributed by atoms with van der Waals surface area (Å²) in [6.45, 7) is 10.9. The van der Waals surface area contributed by atoms with Gasteiger partial charge in [-0.3, -0.25) is 0 Å². The van der Waals surface area contributed by atoms with Crippen LogP contribution in [0.2, 0.25) is 0 Å². The van der Waals surface area contributed by atoms with Crippen molar-refractivity contribution >= 4 is 0 Å². The quantitative estimate of drug-likeness (QED) is 0.609. The fourth-order valence-electron chi connectivity index (χ4n) is 1.26. The van der Waals surface area contributed by atoms with Gasteiger partial charge in [0.25, 0.3) is 0 Å². The SMILES string of the molecule is C=C/C(CN)=C(\C=C)CCC(C)CN. The van der Waals surface area contributed by atoms with Gasteiger partial charge >= 0.3 is 0 Å². The van der Waals surface area contributed by atoms with Gasteiger partial charge in [-0.05, 0) is 36.5 Å². The molecule has 1 atom stereocenters. The van der Waals surface area contributed by atoms with Crippen LogP contribution in [0.3, 0.4) is 0 Å². The van der Waals surface area contributed by atoms with Crippen molar-refractivity contribution in [3.63, 3.8) is 0 Å². The molecule has 2 heteroatoms. The van der Waals surface area contributed by atoms with E-state index in [1.54, 1.807) is 0 Å². The Morgan fingerprint density at radius 2 is 1.79 bits per heavy atom. The first-order valence-corrected chi connectivity index (χ1v) is 5.06. The average molecular weight is 194 g/mol. The molecule has 0 rings (SSSR count). The smallest absolute Gasteiger partial charge is 0.0180 e. The van der Waals surface area contributed by atoms with Crippen molar-refractivity contribution in [3.8, 4) is 0 Å². The molecule has 0 fully saturated rings. The maximum Gasteiger partial charge on any atom is 0.0180 e. The molecule has 2 nitrogen and oxygen atoms in total. The van der Waals surface area contributed by atoms with E-state index in [0.29, 0.717) is 12.5 Å². The molecule has 0 radical (unpaired) electrons. The van der Waals surface area contributed by atoms with Gasteiger partial charge in [0.2, 0.25) is 0 Å². The van der Waals surface area contributed by atoms with E-state index in [4.69, 9.17) is 11.5 Å². The topological polar surface area (TPSA) is 52.0 Å². The molecule has 4 N–H and O–H groups in total. The van der Waals surface area contributed by atoms with Crippen LogP contribution < -0.4 is 11.5 Å². The molecule has 0 aliphatic rings. The first-order valence-electron chi connectivity index (χ1n) is 5.06. The van der Waals surface area contributed by atoms with E-state index in [1.807, 2.05) is 12.2 Å². The Morgan fingerprint density at radius 1 is 1.21 bits per heavy atom. The van der Waals surface area contributed by atoms with E-state index >= 15 is 0 Å². The van der Waals surface area contributed by atoms with E-state index in [-0.39, 0.29) is 0 Å². The van der Waals surface area contributed by atoms with Crippen molar-refractivity contribution in [2.75, 3.05) is 13.1 Å². The highest BCUT2D eigenvalue weighted by molar-refractivity contribution is 5.32. The van der Waals surface area contributed by atoms with Crippen LogP contribution in [0.5, 0.6) is 0 Å². The zero-order valence-corrected chi connectivity index (χ0v) is 9.13. The molecule has 1 unspecified atom stereocenters. The van der Waals surface area contributed by atoms with Crippen LogP contribution in [0.25, 0.3) is 0 Å². The maximum absolute atomic E-state index is 5.60. The van der Waals surface area contributed by atoms with E-state index < -0.39 is 0 Å². The monoisotopic (exact) mass is 194 g/mol. The third-order valence-electron chi connectivity index (χ3n) is 2.43. The van der Waals surface area contributed by atoms with Crippen LogP contribution in [0, 0.1) is 5.92 Å². The van der Waals surface area contributed by atoms with Gasteiger partial charge in [0.15, 0.2) is 0 Å². The Balaban J connectivity index is 4.34. The Kier molecular flexibility index (Phi) is 7.07. The zero-order chi connectivity index (χ0) is 11.0. The lowest BCUT2D eigenvalue weighted by Gasteiger charge is -2.11. The lowest BCUT2D eigenvalue weighted by Crippen LogP contribution is -2.11. The normalized spacial score (nSPS) is 14.5. The Hall–Kier alpha value is -0.860. The van der Waals surface area contributed by atoms with Gasteiger partial charge in [-0.15, -0.1) is 0 Å². The first-order chi connectivity index (χ1) is 6.69. The zero-order valence-electron chi connectivity index (χ0n) is 9.13. The summed E-state index contributed by atoms with van der Waals surface area (Å²) >= 11 is 0. The third kappa shape index (κ3) is 4.40. The molecule has 0 saturated carbocycles. The van der Waals surface area contributed by atoms with Crippen molar-refractivity contribution in [1.82, 2.24) is 0 Å². The number of allylic oxidation sites excluding steroid dienone is 2. The lowest BCUT2D eigenvalue weighted by molar-refractivity contribution is 0.545. The van der Waals surface area contributed by atoms with E-state index in [9.17, 15) is 0 Å². The highest BCUT2D eigenvalue weighted by Crippen LogP contribution is 2.16. The summed E-state index contributed by atoms with van der Waals surface area (Å²) in [7, 11) is 0. The highest BCUT2D eigenvalue weighted by atomic mass is 14.5. The standard InChI is InChI=1S/C12H22N2/c1-4-11(12(5-2)9-14)7-6-10(3)8-13/h4-5,10H,1-2,6-9,13-14H2,3H3/b12-11-. The summed E-state index contributed by atoms with van der Waals surface area (Å²) in [5.41, 5.74) is 13.4. The molecule has 14 heavy (non-hydrogen) atoms. The minimum atomic E-state index is 0.530. The summed E-state index contributed by atoms with van der Waals surface area (Å²) in [6.07, 6.45) is 5.74. The lowest BCUT2D eigenvalue weighted by atomic mass is 9.97. The van der Waals surface area contributed by atoms with Crippen molar-refractivity contribution in [1.29, 1.82) is 0 Å². The molecule has 0 aromatic carbocycles. The van der Waals surface area contributed by atoms with E-state index in [0.717, 1.165) is 25.0 Å². The van der Waals surface area contributed by atoms with Crippen LogP contribution in [0.15, 0.2) is 36.5 Å². The van der Waals surface area contributed by atoms with E-state index in [2.05, 4.69) is 20.1 Å². The fraction of sp³-hybridized carbons (Fsp3) is 0.500. The van der Waals surface area contributed by atoms with Crippen LogP contribution in [-0.2, 0) is 0 Å². The second-order valence-electron chi connectivity index (χ2n) is 3.54. The van der Waals surface area contributed by atoms with Crippen molar-refractivity contribution in [2.24, 2.45) is 17.4 Å². The largest absolute Gasteiger partial charge is 0.330 e. The molecule has 0 aliphatic heterocycles. The summed E-state index contributed by atoms with van der Waals surface area (Å²) in [4.78, 5) is 0. The van der Waals surface area contributed by atoms with E-state index in [1.165, 1.54) is 5.57 Å². The van der Waals surface area contributed by atoms with Crippen LogP contribution >= 0.6 is 0 Å². The predicted molar refractivity (Wildman–Crippen MR) is 63.9 cm³/mol. The van der Waals surface area contributed by atoms with Crippen molar-refractivity contribution < 1.29 is 0 Å². The molecule has 0 saturated heterocycles. The molecule has 0 aromatic heterocycles. The van der Waals surface area contributed by atoms with Gasteiger partial charge in [0, 0.05) is 6.54 Å². The van der Waals surface area contributed by atoms with Gasteiger partial charge in [0.1, 0.15) is 0 Å². The molecule has 0 heterocycles. The molecule has 0 aromatic rings. The van der Waals surface area contributed by atoms with Gasteiger partial charge in [-0.1, -0.05) is 32.2 Å². The summed E-state index contributed by atoms with van der Waals surface area (Å²) < 4.78 is 0. The summed E-state index contributed by atoms with van der Waals surface area (Å²) in [5.74, 6) is 0.550. The molecular weight excluding hydrogens is 172 g/mol. The number of hydrogen-bond acceptors (Lipinski definition) is 2. The highest BCUT2D eigenvalue weighted by Gasteiger charge is 2.03. The maximum atomic E-state index is 5.60. The predicted octanol–water partition coefficient (Wildman–Crippen LogP) is 1.99. The Morgan fingerprint density at radius 3 is 2.14 bits per heavy atom. The third-order valence-corrected chi connectivity index (χ3v) is 2.43. The first kappa shape index (κ1) is 13.1. The van der Waals surface area contributed by atoms with Gasteiger partial charge in [-0.25, -0.2) is 0 Å². The Labute approximate surface area is 87.4 Å².